The van der Waals surface area contributed by atoms with E-state index in [1.807, 2.05) is 11.9 Å². The zero-order valence-corrected chi connectivity index (χ0v) is 9.55. The molecule has 1 rings (SSSR count). The number of carbonyl (C=O) groups is 1. The van der Waals surface area contributed by atoms with E-state index in [9.17, 15) is 4.79 Å². The largest absolute Gasteiger partial charge is 0.345 e. The third-order valence-corrected chi connectivity index (χ3v) is 2.95. The summed E-state index contributed by atoms with van der Waals surface area (Å²) in [5.74, 6) is 0.522. The maximum absolute atomic E-state index is 11.9. The topological polar surface area (TPSA) is 32.3 Å². The smallest absolute Gasteiger partial charge is 0.226 e. The summed E-state index contributed by atoms with van der Waals surface area (Å²) < 4.78 is 0. The molecule has 1 fully saturated rings. The van der Waals surface area contributed by atoms with Gasteiger partial charge in [0.1, 0.15) is 0 Å². The van der Waals surface area contributed by atoms with E-state index in [0.717, 1.165) is 32.4 Å². The van der Waals surface area contributed by atoms with Crippen LogP contribution in [0.3, 0.4) is 0 Å². The Morgan fingerprint density at radius 3 is 2.71 bits per heavy atom. The summed E-state index contributed by atoms with van der Waals surface area (Å²) in [5, 5.41) is 3.36. The molecular weight excluding hydrogens is 176 g/mol. The van der Waals surface area contributed by atoms with Crippen LogP contribution in [0.15, 0.2) is 0 Å². The maximum Gasteiger partial charge on any atom is 0.226 e. The second-order valence-corrected chi connectivity index (χ2v) is 4.34. The SMILES string of the molecule is CCCN(C)C(=O)C1CCC(C)NC1. The van der Waals surface area contributed by atoms with Gasteiger partial charge in [-0.15, -0.1) is 0 Å². The molecule has 1 amide bonds. The molecule has 0 aromatic carbocycles. The van der Waals surface area contributed by atoms with Crippen LogP contribution in [0.5, 0.6) is 0 Å². The predicted molar refractivity (Wildman–Crippen MR) is 58.1 cm³/mol. The van der Waals surface area contributed by atoms with E-state index in [2.05, 4.69) is 19.2 Å². The molecule has 0 spiro atoms. The molecule has 2 unspecified atom stereocenters. The minimum Gasteiger partial charge on any atom is -0.345 e. The van der Waals surface area contributed by atoms with Crippen molar-refractivity contribution in [1.29, 1.82) is 0 Å². The lowest BCUT2D eigenvalue weighted by Crippen LogP contribution is -2.44. The van der Waals surface area contributed by atoms with Crippen molar-refractivity contribution in [2.75, 3.05) is 20.1 Å². The summed E-state index contributed by atoms with van der Waals surface area (Å²) in [4.78, 5) is 13.7. The zero-order chi connectivity index (χ0) is 10.6. The maximum atomic E-state index is 11.9. The molecule has 14 heavy (non-hydrogen) atoms. The molecule has 0 aromatic heterocycles. The molecule has 0 aliphatic carbocycles. The molecular formula is C11H22N2O. The first-order chi connectivity index (χ1) is 6.65. The average molecular weight is 198 g/mol. The second-order valence-electron chi connectivity index (χ2n) is 4.34. The lowest BCUT2D eigenvalue weighted by molar-refractivity contribution is -0.134. The highest BCUT2D eigenvalue weighted by Crippen LogP contribution is 2.16. The van der Waals surface area contributed by atoms with Gasteiger partial charge in [-0.3, -0.25) is 4.79 Å². The van der Waals surface area contributed by atoms with Gasteiger partial charge in [-0.2, -0.15) is 0 Å². The van der Waals surface area contributed by atoms with E-state index in [4.69, 9.17) is 0 Å². The number of hydrogen-bond acceptors (Lipinski definition) is 2. The highest BCUT2D eigenvalue weighted by atomic mass is 16.2. The van der Waals surface area contributed by atoms with Gasteiger partial charge in [0.15, 0.2) is 0 Å². The van der Waals surface area contributed by atoms with Crippen LogP contribution in [0.4, 0.5) is 0 Å². The zero-order valence-electron chi connectivity index (χ0n) is 9.55. The van der Waals surface area contributed by atoms with Gasteiger partial charge in [0.05, 0.1) is 5.92 Å². The average Bonchev–Trinajstić information content (AvgIpc) is 2.18. The van der Waals surface area contributed by atoms with Crippen LogP contribution in [0.2, 0.25) is 0 Å². The molecule has 0 aromatic rings. The van der Waals surface area contributed by atoms with Crippen molar-refractivity contribution in [2.24, 2.45) is 5.92 Å². The van der Waals surface area contributed by atoms with Crippen LogP contribution in [0, 0.1) is 5.92 Å². The lowest BCUT2D eigenvalue weighted by Gasteiger charge is -2.29. The fourth-order valence-electron chi connectivity index (χ4n) is 1.97. The Kier molecular flexibility index (Phi) is 4.39. The molecule has 3 heteroatoms. The van der Waals surface area contributed by atoms with Gasteiger partial charge < -0.3 is 10.2 Å². The van der Waals surface area contributed by atoms with E-state index in [0.29, 0.717) is 11.9 Å². The number of amides is 1. The number of rotatable bonds is 3. The molecule has 1 N–H and O–H groups in total. The molecule has 1 saturated heterocycles. The third kappa shape index (κ3) is 2.98. The number of carbonyl (C=O) groups excluding carboxylic acids is 1. The van der Waals surface area contributed by atoms with Gasteiger partial charge in [0.25, 0.3) is 0 Å². The summed E-state index contributed by atoms with van der Waals surface area (Å²) in [6.45, 7) is 6.01. The van der Waals surface area contributed by atoms with Gasteiger partial charge >= 0.3 is 0 Å². The number of nitrogens with one attached hydrogen (secondary N) is 1. The first-order valence-electron chi connectivity index (χ1n) is 5.63. The van der Waals surface area contributed by atoms with Gasteiger partial charge in [0, 0.05) is 26.2 Å². The normalized spacial score (nSPS) is 27.4. The van der Waals surface area contributed by atoms with E-state index >= 15 is 0 Å². The fraction of sp³-hybridized carbons (Fsp3) is 0.909. The van der Waals surface area contributed by atoms with E-state index in [1.165, 1.54) is 0 Å². The van der Waals surface area contributed by atoms with Crippen molar-refractivity contribution in [3.8, 4) is 0 Å². The predicted octanol–water partition coefficient (Wildman–Crippen LogP) is 1.24. The van der Waals surface area contributed by atoms with Crippen LogP contribution >= 0.6 is 0 Å². The van der Waals surface area contributed by atoms with Crippen LogP contribution < -0.4 is 5.32 Å². The Hall–Kier alpha value is -0.570. The Morgan fingerprint density at radius 1 is 1.50 bits per heavy atom. The number of hydrogen-bond donors (Lipinski definition) is 1. The molecule has 0 radical (unpaired) electrons. The first kappa shape index (κ1) is 11.5. The van der Waals surface area contributed by atoms with Crippen molar-refractivity contribution in [2.45, 2.75) is 39.2 Å². The van der Waals surface area contributed by atoms with Crippen molar-refractivity contribution in [3.05, 3.63) is 0 Å². The second kappa shape index (κ2) is 5.35. The van der Waals surface area contributed by atoms with Crippen molar-refractivity contribution in [3.63, 3.8) is 0 Å². The van der Waals surface area contributed by atoms with E-state index < -0.39 is 0 Å². The van der Waals surface area contributed by atoms with Gasteiger partial charge in [-0.25, -0.2) is 0 Å². The molecule has 1 heterocycles. The Labute approximate surface area is 86.9 Å². The summed E-state index contributed by atoms with van der Waals surface area (Å²) >= 11 is 0. The van der Waals surface area contributed by atoms with Crippen LogP contribution in [0.1, 0.15) is 33.1 Å². The number of piperidine rings is 1. The summed E-state index contributed by atoms with van der Waals surface area (Å²) in [5.41, 5.74) is 0. The van der Waals surface area contributed by atoms with Crippen molar-refractivity contribution >= 4 is 5.91 Å². The van der Waals surface area contributed by atoms with Crippen LogP contribution in [-0.2, 0) is 4.79 Å². The van der Waals surface area contributed by atoms with Crippen LogP contribution in [-0.4, -0.2) is 37.0 Å². The lowest BCUT2D eigenvalue weighted by atomic mass is 9.94. The van der Waals surface area contributed by atoms with Gasteiger partial charge in [-0.05, 0) is 26.2 Å². The van der Waals surface area contributed by atoms with Gasteiger partial charge in [0.2, 0.25) is 5.91 Å². The number of nitrogens with zero attached hydrogens (tertiary/aromatic N) is 1. The highest BCUT2D eigenvalue weighted by Gasteiger charge is 2.25. The van der Waals surface area contributed by atoms with E-state index in [1.54, 1.807) is 0 Å². The Balaban J connectivity index is 2.37. The molecule has 1 aliphatic heterocycles. The summed E-state index contributed by atoms with van der Waals surface area (Å²) in [6, 6.07) is 0.579. The minimum atomic E-state index is 0.211. The standard InChI is InChI=1S/C11H22N2O/c1-4-7-13(3)11(14)10-6-5-9(2)12-8-10/h9-10,12H,4-8H2,1-3H3. The molecule has 0 saturated carbocycles. The molecule has 82 valence electrons. The van der Waals surface area contributed by atoms with E-state index in [-0.39, 0.29) is 5.92 Å². The first-order valence-corrected chi connectivity index (χ1v) is 5.63. The summed E-state index contributed by atoms with van der Waals surface area (Å²) in [7, 11) is 1.91. The molecule has 0 bridgehead atoms. The molecule has 2 atom stereocenters. The molecule has 1 aliphatic rings. The van der Waals surface area contributed by atoms with Crippen molar-refractivity contribution in [1.82, 2.24) is 10.2 Å². The Morgan fingerprint density at radius 2 is 2.21 bits per heavy atom. The molecule has 3 nitrogen and oxygen atoms in total. The minimum absolute atomic E-state index is 0.211. The quantitative estimate of drug-likeness (QED) is 0.740. The summed E-state index contributed by atoms with van der Waals surface area (Å²) in [6.07, 6.45) is 3.20. The Bertz CT molecular complexity index is 186. The van der Waals surface area contributed by atoms with Gasteiger partial charge in [-0.1, -0.05) is 6.92 Å². The fourth-order valence-corrected chi connectivity index (χ4v) is 1.97. The monoisotopic (exact) mass is 198 g/mol. The third-order valence-electron chi connectivity index (χ3n) is 2.95. The van der Waals surface area contributed by atoms with Crippen LogP contribution in [0.25, 0.3) is 0 Å². The highest BCUT2D eigenvalue weighted by molar-refractivity contribution is 5.78. The van der Waals surface area contributed by atoms with Crippen molar-refractivity contribution < 1.29 is 4.79 Å².